The van der Waals surface area contributed by atoms with Crippen LogP contribution in [0.15, 0.2) is 24.3 Å². The van der Waals surface area contributed by atoms with Gasteiger partial charge < -0.3 is 27.9 Å². The summed E-state index contributed by atoms with van der Waals surface area (Å²) in [5, 5.41) is 0. The predicted molar refractivity (Wildman–Crippen MR) is 264 cm³/mol. The number of rotatable bonds is 50. The Hall–Kier alpha value is -1.02. The van der Waals surface area contributed by atoms with Crippen molar-refractivity contribution in [2.75, 3.05) is 54.1 Å². The van der Waals surface area contributed by atoms with E-state index in [-0.39, 0.29) is 25.8 Å². The van der Waals surface area contributed by atoms with Crippen LogP contribution in [0.2, 0.25) is 0 Å². The van der Waals surface area contributed by atoms with E-state index in [0.717, 1.165) is 57.8 Å². The standard InChI is InChI=1S/C53H104NO7P/c1-6-8-10-12-14-16-18-20-22-23-24-25-26-27-28-29-30-31-32-33-35-37-39-41-43-45-48-58-50-52(51-60-62(56,57)59-49-47-54(3,4)5)61-53(55)46-44-42-40-38-36-34-21-19-17-15-13-11-9-7-2/h13,15,19,21,52H,6-12,14,16-18,20,22-51H2,1-5H3/b15-13-,21-19-. The lowest BCUT2D eigenvalue weighted by Gasteiger charge is -2.28. The zero-order chi connectivity index (χ0) is 45.5. The zero-order valence-electron chi connectivity index (χ0n) is 41.8. The van der Waals surface area contributed by atoms with Crippen LogP contribution in [-0.2, 0) is 27.9 Å². The first kappa shape index (κ1) is 61.0. The van der Waals surface area contributed by atoms with Gasteiger partial charge in [0.2, 0.25) is 0 Å². The topological polar surface area (TPSA) is 94.1 Å². The minimum atomic E-state index is -4.53. The molecule has 0 aromatic carbocycles. The number of phosphoric acid groups is 1. The molecule has 0 fully saturated rings. The van der Waals surface area contributed by atoms with E-state index >= 15 is 0 Å². The van der Waals surface area contributed by atoms with Crippen LogP contribution in [0.5, 0.6) is 0 Å². The third-order valence-corrected chi connectivity index (χ3v) is 12.7. The number of hydrogen-bond donors (Lipinski definition) is 0. The monoisotopic (exact) mass is 898 g/mol. The van der Waals surface area contributed by atoms with Crippen molar-refractivity contribution in [2.24, 2.45) is 0 Å². The second kappa shape index (κ2) is 46.5. The minimum absolute atomic E-state index is 0.0254. The molecule has 0 saturated heterocycles. The third kappa shape index (κ3) is 50.0. The van der Waals surface area contributed by atoms with Crippen LogP contribution in [-0.4, -0.2) is 70.7 Å². The van der Waals surface area contributed by atoms with Crippen molar-refractivity contribution in [3.63, 3.8) is 0 Å². The minimum Gasteiger partial charge on any atom is -0.756 e. The van der Waals surface area contributed by atoms with Crippen molar-refractivity contribution in [1.29, 1.82) is 0 Å². The van der Waals surface area contributed by atoms with Gasteiger partial charge in [-0.05, 0) is 38.5 Å². The molecule has 0 spiro atoms. The Balaban J connectivity index is 4.01. The molecule has 0 aliphatic heterocycles. The summed E-state index contributed by atoms with van der Waals surface area (Å²) in [5.74, 6) is -0.343. The molecule has 9 heteroatoms. The number of nitrogens with zero attached hydrogens (tertiary/aromatic N) is 1. The van der Waals surface area contributed by atoms with Gasteiger partial charge in [-0.15, -0.1) is 0 Å². The number of phosphoric ester groups is 1. The largest absolute Gasteiger partial charge is 0.756 e. The maximum atomic E-state index is 12.7. The summed E-state index contributed by atoms with van der Waals surface area (Å²) in [6.07, 6.45) is 55.0. The van der Waals surface area contributed by atoms with Crippen molar-refractivity contribution in [2.45, 2.75) is 258 Å². The fourth-order valence-corrected chi connectivity index (χ4v) is 8.35. The van der Waals surface area contributed by atoms with Crippen molar-refractivity contribution in [1.82, 2.24) is 0 Å². The normalized spacial score (nSPS) is 13.7. The highest BCUT2D eigenvalue weighted by atomic mass is 31.2. The van der Waals surface area contributed by atoms with Crippen LogP contribution in [0.25, 0.3) is 0 Å². The van der Waals surface area contributed by atoms with Gasteiger partial charge in [0.1, 0.15) is 19.3 Å². The molecule has 0 bridgehead atoms. The number of hydrogen-bond acceptors (Lipinski definition) is 7. The molecule has 0 heterocycles. The maximum absolute atomic E-state index is 12.7. The van der Waals surface area contributed by atoms with E-state index in [1.165, 1.54) is 173 Å². The number of carbonyl (C=O) groups excluding carboxylic acids is 1. The van der Waals surface area contributed by atoms with Crippen LogP contribution in [0.4, 0.5) is 0 Å². The molecule has 0 N–H and O–H groups in total. The molecule has 0 aliphatic rings. The Labute approximate surface area is 385 Å². The summed E-state index contributed by atoms with van der Waals surface area (Å²) in [6, 6.07) is 0. The molecule has 62 heavy (non-hydrogen) atoms. The molecule has 0 radical (unpaired) electrons. The molecule has 0 aromatic rings. The Bertz CT molecular complexity index is 1050. The molecule has 2 atom stereocenters. The van der Waals surface area contributed by atoms with Crippen molar-refractivity contribution < 1.29 is 37.3 Å². The van der Waals surface area contributed by atoms with Gasteiger partial charge >= 0.3 is 5.97 Å². The molecule has 0 saturated carbocycles. The molecule has 0 aromatic heterocycles. The summed E-state index contributed by atoms with van der Waals surface area (Å²) < 4.78 is 34.7. The van der Waals surface area contributed by atoms with E-state index in [1.54, 1.807) is 0 Å². The molecule has 2 unspecified atom stereocenters. The third-order valence-electron chi connectivity index (χ3n) is 11.8. The Morgan fingerprint density at radius 1 is 0.500 bits per heavy atom. The van der Waals surface area contributed by atoms with Crippen LogP contribution in [0.1, 0.15) is 251 Å². The predicted octanol–water partition coefficient (Wildman–Crippen LogP) is 15.7. The number of unbranched alkanes of at least 4 members (excludes halogenated alkanes) is 32. The number of carbonyl (C=O) groups is 1. The van der Waals surface area contributed by atoms with Gasteiger partial charge in [0, 0.05) is 13.0 Å². The lowest BCUT2D eigenvalue weighted by molar-refractivity contribution is -0.870. The Morgan fingerprint density at radius 3 is 1.35 bits per heavy atom. The van der Waals surface area contributed by atoms with Crippen molar-refractivity contribution >= 4 is 13.8 Å². The fraction of sp³-hybridized carbons (Fsp3) is 0.906. The van der Waals surface area contributed by atoms with E-state index < -0.39 is 13.9 Å². The average molecular weight is 898 g/mol. The second-order valence-corrected chi connectivity index (χ2v) is 20.7. The highest BCUT2D eigenvalue weighted by Crippen LogP contribution is 2.38. The SMILES string of the molecule is CCCC/C=C\C/C=C\CCCCCCCC(=O)OC(COCCCCCCCCCCCCCCCCCCCCCCCCCCCC)COP(=O)([O-])OCC[N+](C)(C)C. The van der Waals surface area contributed by atoms with Gasteiger partial charge in [-0.3, -0.25) is 9.36 Å². The number of ether oxygens (including phenoxy) is 2. The van der Waals surface area contributed by atoms with Crippen molar-refractivity contribution in [3.05, 3.63) is 24.3 Å². The zero-order valence-corrected chi connectivity index (χ0v) is 42.7. The van der Waals surface area contributed by atoms with E-state index in [0.29, 0.717) is 24.1 Å². The first-order chi connectivity index (χ1) is 30.1. The maximum Gasteiger partial charge on any atom is 0.306 e. The van der Waals surface area contributed by atoms with Gasteiger partial charge in [-0.2, -0.15) is 0 Å². The van der Waals surface area contributed by atoms with Gasteiger partial charge in [0.05, 0.1) is 34.4 Å². The summed E-state index contributed by atoms with van der Waals surface area (Å²) >= 11 is 0. The lowest BCUT2D eigenvalue weighted by atomic mass is 10.0. The quantitative estimate of drug-likeness (QED) is 0.0197. The van der Waals surface area contributed by atoms with E-state index in [4.69, 9.17) is 18.5 Å². The average Bonchev–Trinajstić information content (AvgIpc) is 3.23. The Morgan fingerprint density at radius 2 is 0.903 bits per heavy atom. The Kier molecular flexibility index (Phi) is 45.7. The summed E-state index contributed by atoms with van der Waals surface area (Å²) in [4.78, 5) is 25.1. The fourth-order valence-electron chi connectivity index (χ4n) is 7.62. The highest BCUT2D eigenvalue weighted by molar-refractivity contribution is 7.45. The number of allylic oxidation sites excluding steroid dienone is 4. The van der Waals surface area contributed by atoms with Gasteiger partial charge in [0.15, 0.2) is 0 Å². The molecule has 368 valence electrons. The van der Waals surface area contributed by atoms with Gasteiger partial charge in [-0.1, -0.05) is 231 Å². The summed E-state index contributed by atoms with van der Waals surface area (Å²) in [6.45, 7) is 5.40. The molecule has 8 nitrogen and oxygen atoms in total. The number of esters is 1. The number of likely N-dealkylation sites (N-methyl/N-ethyl adjacent to an activating group) is 1. The summed E-state index contributed by atoms with van der Waals surface area (Å²) in [7, 11) is 1.36. The second-order valence-electron chi connectivity index (χ2n) is 19.2. The van der Waals surface area contributed by atoms with Gasteiger partial charge in [0.25, 0.3) is 7.82 Å². The van der Waals surface area contributed by atoms with Crippen LogP contribution in [0.3, 0.4) is 0 Å². The lowest BCUT2D eigenvalue weighted by Crippen LogP contribution is -2.37. The van der Waals surface area contributed by atoms with E-state index in [9.17, 15) is 14.3 Å². The van der Waals surface area contributed by atoms with Crippen molar-refractivity contribution in [3.8, 4) is 0 Å². The van der Waals surface area contributed by atoms with E-state index in [1.807, 2.05) is 21.1 Å². The summed E-state index contributed by atoms with van der Waals surface area (Å²) in [5.41, 5.74) is 0. The molecule has 0 amide bonds. The van der Waals surface area contributed by atoms with Crippen LogP contribution in [0, 0.1) is 0 Å². The van der Waals surface area contributed by atoms with Crippen LogP contribution >= 0.6 is 7.82 Å². The van der Waals surface area contributed by atoms with Crippen LogP contribution < -0.4 is 4.89 Å². The first-order valence-corrected chi connectivity index (χ1v) is 28.0. The smallest absolute Gasteiger partial charge is 0.306 e. The molecular weight excluding hydrogens is 794 g/mol. The molecule has 0 aliphatic carbocycles. The molecular formula is C53H104NO7P. The highest BCUT2D eigenvalue weighted by Gasteiger charge is 2.20. The van der Waals surface area contributed by atoms with E-state index in [2.05, 4.69) is 38.2 Å². The number of quaternary nitrogens is 1. The van der Waals surface area contributed by atoms with Gasteiger partial charge in [-0.25, -0.2) is 0 Å². The molecule has 0 rings (SSSR count). The first-order valence-electron chi connectivity index (χ1n) is 26.6.